The summed E-state index contributed by atoms with van der Waals surface area (Å²) in [6, 6.07) is 2.88. The lowest BCUT2D eigenvalue weighted by atomic mass is 10.2. The van der Waals surface area contributed by atoms with Crippen molar-refractivity contribution in [1.29, 1.82) is 0 Å². The summed E-state index contributed by atoms with van der Waals surface area (Å²) < 4.78 is 46.5. The second kappa shape index (κ2) is 4.94. The van der Waals surface area contributed by atoms with Gasteiger partial charge in [-0.3, -0.25) is 5.32 Å². The fraction of sp³-hybridized carbons (Fsp3) is 0.300. The monoisotopic (exact) mass is 249 g/mol. The maximum atomic E-state index is 12.5. The Morgan fingerprint density at radius 3 is 2.35 bits per heavy atom. The molecule has 94 valence electrons. The van der Waals surface area contributed by atoms with Gasteiger partial charge in [0.15, 0.2) is 0 Å². The van der Waals surface area contributed by atoms with Crippen LogP contribution in [0.3, 0.4) is 0 Å². The number of hydrogen-bond acceptors (Lipinski definition) is 3. The summed E-state index contributed by atoms with van der Waals surface area (Å²) in [6.45, 7) is 0. The van der Waals surface area contributed by atoms with Crippen LogP contribution < -0.4 is 10.1 Å². The molecule has 0 aliphatic carbocycles. The van der Waals surface area contributed by atoms with E-state index in [4.69, 9.17) is 4.74 Å². The van der Waals surface area contributed by atoms with E-state index in [9.17, 15) is 18.0 Å². The summed E-state index contributed by atoms with van der Waals surface area (Å²) in [5.74, 6) is -0.00812. The van der Waals surface area contributed by atoms with Gasteiger partial charge in [0.25, 0.3) is 0 Å². The van der Waals surface area contributed by atoms with Gasteiger partial charge in [0.05, 0.1) is 19.8 Å². The second-order valence-corrected chi connectivity index (χ2v) is 3.06. The third-order valence-electron chi connectivity index (χ3n) is 1.90. The summed E-state index contributed by atoms with van der Waals surface area (Å²) in [7, 11) is 2.34. The molecule has 0 fully saturated rings. The zero-order chi connectivity index (χ0) is 13.1. The molecule has 1 aromatic carbocycles. The van der Waals surface area contributed by atoms with Crippen LogP contribution in [0.4, 0.5) is 23.7 Å². The van der Waals surface area contributed by atoms with E-state index in [1.54, 1.807) is 0 Å². The average molecular weight is 249 g/mol. The van der Waals surface area contributed by atoms with Crippen molar-refractivity contribution in [3.05, 3.63) is 23.8 Å². The van der Waals surface area contributed by atoms with Crippen LogP contribution in [0.15, 0.2) is 18.2 Å². The first-order valence-electron chi connectivity index (χ1n) is 4.48. The standard InChI is InChI=1S/C10H10F3NO3/c1-16-8-4-6(10(11,12)13)3-7(5-8)14-9(15)17-2/h3-5H,1-2H3,(H,14,15). The van der Waals surface area contributed by atoms with Crippen molar-refractivity contribution < 1.29 is 27.4 Å². The topological polar surface area (TPSA) is 47.6 Å². The number of benzene rings is 1. The van der Waals surface area contributed by atoms with E-state index < -0.39 is 17.8 Å². The van der Waals surface area contributed by atoms with Crippen LogP contribution in [-0.4, -0.2) is 20.3 Å². The first-order valence-corrected chi connectivity index (χ1v) is 4.48. The van der Waals surface area contributed by atoms with Gasteiger partial charge in [0, 0.05) is 11.8 Å². The zero-order valence-corrected chi connectivity index (χ0v) is 9.09. The van der Waals surface area contributed by atoms with Crippen molar-refractivity contribution >= 4 is 11.8 Å². The van der Waals surface area contributed by atoms with Gasteiger partial charge in [0.1, 0.15) is 5.75 Å². The lowest BCUT2D eigenvalue weighted by molar-refractivity contribution is -0.137. The van der Waals surface area contributed by atoms with Crippen LogP contribution in [0.2, 0.25) is 0 Å². The van der Waals surface area contributed by atoms with Crippen LogP contribution in [0.25, 0.3) is 0 Å². The molecule has 1 N–H and O–H groups in total. The first kappa shape index (κ1) is 13.1. The quantitative estimate of drug-likeness (QED) is 0.876. The maximum Gasteiger partial charge on any atom is 0.416 e. The summed E-state index contributed by atoms with van der Waals surface area (Å²) in [5.41, 5.74) is -0.966. The van der Waals surface area contributed by atoms with Crippen molar-refractivity contribution in [2.24, 2.45) is 0 Å². The minimum absolute atomic E-state index is 0.00812. The maximum absolute atomic E-state index is 12.5. The molecule has 7 heteroatoms. The molecule has 1 rings (SSSR count). The molecule has 4 nitrogen and oxygen atoms in total. The fourth-order valence-corrected chi connectivity index (χ4v) is 1.12. The number of carbonyl (C=O) groups is 1. The highest BCUT2D eigenvalue weighted by atomic mass is 19.4. The lowest BCUT2D eigenvalue weighted by Crippen LogP contribution is -2.12. The number of ether oxygens (including phenoxy) is 2. The van der Waals surface area contributed by atoms with Crippen molar-refractivity contribution in [3.8, 4) is 5.75 Å². The van der Waals surface area contributed by atoms with E-state index in [0.29, 0.717) is 0 Å². The molecule has 0 bridgehead atoms. The number of alkyl halides is 3. The molecule has 17 heavy (non-hydrogen) atoms. The van der Waals surface area contributed by atoms with Crippen LogP contribution >= 0.6 is 0 Å². The Hall–Kier alpha value is -1.92. The number of methoxy groups -OCH3 is 2. The molecule has 0 atom stereocenters. The van der Waals surface area contributed by atoms with E-state index in [2.05, 4.69) is 10.1 Å². The third kappa shape index (κ3) is 3.54. The molecule has 0 aliphatic heterocycles. The van der Waals surface area contributed by atoms with Gasteiger partial charge in [-0.05, 0) is 12.1 Å². The molecule has 0 aliphatic rings. The number of halogens is 3. The smallest absolute Gasteiger partial charge is 0.416 e. The summed E-state index contributed by atoms with van der Waals surface area (Å²) >= 11 is 0. The van der Waals surface area contributed by atoms with Crippen molar-refractivity contribution in [2.75, 3.05) is 19.5 Å². The van der Waals surface area contributed by atoms with E-state index >= 15 is 0 Å². The highest BCUT2D eigenvalue weighted by Crippen LogP contribution is 2.34. The van der Waals surface area contributed by atoms with Crippen LogP contribution in [0.5, 0.6) is 5.75 Å². The number of hydrogen-bond donors (Lipinski definition) is 1. The van der Waals surface area contributed by atoms with Gasteiger partial charge in [-0.2, -0.15) is 13.2 Å². The Bertz CT molecular complexity index is 418. The SMILES string of the molecule is COC(=O)Nc1cc(OC)cc(C(F)(F)F)c1. The minimum Gasteiger partial charge on any atom is -0.497 e. The third-order valence-corrected chi connectivity index (χ3v) is 1.90. The molecular weight excluding hydrogens is 239 g/mol. The molecule has 0 spiro atoms. The number of anilines is 1. The summed E-state index contributed by atoms with van der Waals surface area (Å²) in [4.78, 5) is 10.9. The van der Waals surface area contributed by atoms with Gasteiger partial charge in [-0.25, -0.2) is 4.79 Å². The average Bonchev–Trinajstić information content (AvgIpc) is 2.27. The largest absolute Gasteiger partial charge is 0.497 e. The van der Waals surface area contributed by atoms with E-state index in [1.807, 2.05) is 0 Å². The summed E-state index contributed by atoms with van der Waals surface area (Å²) in [5, 5.41) is 2.14. The highest BCUT2D eigenvalue weighted by molar-refractivity contribution is 5.84. The number of rotatable bonds is 2. The Morgan fingerprint density at radius 2 is 1.88 bits per heavy atom. The van der Waals surface area contributed by atoms with Crippen molar-refractivity contribution in [3.63, 3.8) is 0 Å². The molecule has 0 saturated carbocycles. The Kier molecular flexibility index (Phi) is 3.82. The molecule has 0 heterocycles. The molecule has 0 saturated heterocycles. The Morgan fingerprint density at radius 1 is 1.24 bits per heavy atom. The van der Waals surface area contributed by atoms with Gasteiger partial charge in [-0.1, -0.05) is 0 Å². The van der Waals surface area contributed by atoms with E-state index in [-0.39, 0.29) is 11.4 Å². The van der Waals surface area contributed by atoms with Crippen molar-refractivity contribution in [2.45, 2.75) is 6.18 Å². The van der Waals surface area contributed by atoms with E-state index in [1.165, 1.54) is 13.2 Å². The molecule has 1 amide bonds. The van der Waals surface area contributed by atoms with Gasteiger partial charge in [-0.15, -0.1) is 0 Å². The Labute approximate surface area is 95.3 Å². The lowest BCUT2D eigenvalue weighted by Gasteiger charge is -2.11. The predicted molar refractivity (Wildman–Crippen MR) is 54.0 cm³/mol. The van der Waals surface area contributed by atoms with Crippen LogP contribution in [0.1, 0.15) is 5.56 Å². The molecular formula is C10H10F3NO3. The second-order valence-electron chi connectivity index (χ2n) is 3.06. The molecule has 0 radical (unpaired) electrons. The highest BCUT2D eigenvalue weighted by Gasteiger charge is 2.31. The zero-order valence-electron chi connectivity index (χ0n) is 9.09. The Balaban J connectivity index is 3.10. The normalized spacial score (nSPS) is 10.9. The molecule has 1 aromatic rings. The first-order chi connectivity index (χ1) is 7.86. The minimum atomic E-state index is -4.51. The predicted octanol–water partition coefficient (Wildman–Crippen LogP) is 2.89. The van der Waals surface area contributed by atoms with Crippen molar-refractivity contribution in [1.82, 2.24) is 0 Å². The summed E-state index contributed by atoms with van der Waals surface area (Å²) in [6.07, 6.45) is -5.37. The van der Waals surface area contributed by atoms with Gasteiger partial charge in [0.2, 0.25) is 0 Å². The van der Waals surface area contributed by atoms with Crippen LogP contribution in [-0.2, 0) is 10.9 Å². The molecule has 0 unspecified atom stereocenters. The van der Waals surface area contributed by atoms with Gasteiger partial charge < -0.3 is 9.47 Å². The number of carbonyl (C=O) groups excluding carboxylic acids is 1. The number of amides is 1. The van der Waals surface area contributed by atoms with Crippen LogP contribution in [0, 0.1) is 0 Å². The fourth-order valence-electron chi connectivity index (χ4n) is 1.12. The van der Waals surface area contributed by atoms with E-state index in [0.717, 1.165) is 19.2 Å². The number of nitrogens with one attached hydrogen (secondary N) is 1. The van der Waals surface area contributed by atoms with Gasteiger partial charge >= 0.3 is 12.3 Å². The molecule has 0 aromatic heterocycles.